The highest BCUT2D eigenvalue weighted by Crippen LogP contribution is 2.51. The van der Waals surface area contributed by atoms with Crippen molar-refractivity contribution in [1.82, 2.24) is 0 Å². The molecular formula is C18H24O2. The molecule has 3 aliphatic rings. The van der Waals surface area contributed by atoms with Gasteiger partial charge in [-0.3, -0.25) is 4.79 Å². The van der Waals surface area contributed by atoms with Crippen LogP contribution in [0.4, 0.5) is 0 Å². The van der Waals surface area contributed by atoms with E-state index in [0.29, 0.717) is 18.3 Å². The lowest BCUT2D eigenvalue weighted by molar-refractivity contribution is -0.114. The minimum absolute atomic E-state index is 0.138. The molecule has 0 saturated carbocycles. The van der Waals surface area contributed by atoms with E-state index in [0.717, 1.165) is 19.3 Å². The van der Waals surface area contributed by atoms with Crippen molar-refractivity contribution in [3.63, 3.8) is 0 Å². The SMILES string of the molecule is CC(O)C1(C)C=CC2=C3CCC(=O)C=C3CCC2C1C. The molecule has 1 N–H and O–H groups in total. The first-order chi connectivity index (χ1) is 9.43. The number of hydrogen-bond acceptors (Lipinski definition) is 2. The Balaban J connectivity index is 2.07. The van der Waals surface area contributed by atoms with Crippen molar-refractivity contribution in [3.05, 3.63) is 34.9 Å². The molecule has 4 unspecified atom stereocenters. The van der Waals surface area contributed by atoms with Crippen LogP contribution in [0.25, 0.3) is 0 Å². The molecule has 4 atom stereocenters. The highest BCUT2D eigenvalue weighted by molar-refractivity contribution is 5.93. The maximum atomic E-state index is 11.6. The summed E-state index contributed by atoms with van der Waals surface area (Å²) in [6.45, 7) is 6.33. The van der Waals surface area contributed by atoms with Gasteiger partial charge in [-0.2, -0.15) is 0 Å². The number of carbonyl (C=O) groups excluding carboxylic acids is 1. The van der Waals surface area contributed by atoms with Gasteiger partial charge in [0, 0.05) is 11.8 Å². The van der Waals surface area contributed by atoms with Crippen molar-refractivity contribution >= 4 is 5.78 Å². The zero-order valence-electron chi connectivity index (χ0n) is 12.6. The van der Waals surface area contributed by atoms with Gasteiger partial charge in [0.15, 0.2) is 5.78 Å². The minimum Gasteiger partial charge on any atom is -0.393 e. The van der Waals surface area contributed by atoms with Crippen LogP contribution in [0.15, 0.2) is 34.9 Å². The summed E-state index contributed by atoms with van der Waals surface area (Å²) in [4.78, 5) is 11.6. The molecule has 0 fully saturated rings. The largest absolute Gasteiger partial charge is 0.393 e. The van der Waals surface area contributed by atoms with E-state index in [-0.39, 0.29) is 17.3 Å². The summed E-state index contributed by atoms with van der Waals surface area (Å²) in [6, 6.07) is 0. The van der Waals surface area contributed by atoms with E-state index in [1.807, 2.05) is 13.0 Å². The van der Waals surface area contributed by atoms with Gasteiger partial charge in [0.05, 0.1) is 6.10 Å². The van der Waals surface area contributed by atoms with Gasteiger partial charge in [-0.1, -0.05) is 26.0 Å². The van der Waals surface area contributed by atoms with Crippen LogP contribution < -0.4 is 0 Å². The zero-order valence-corrected chi connectivity index (χ0v) is 12.6. The van der Waals surface area contributed by atoms with Crippen LogP contribution in [0.5, 0.6) is 0 Å². The summed E-state index contributed by atoms with van der Waals surface area (Å²) < 4.78 is 0. The zero-order chi connectivity index (χ0) is 14.5. The van der Waals surface area contributed by atoms with Crippen LogP contribution in [0, 0.1) is 17.3 Å². The third kappa shape index (κ3) is 1.93. The van der Waals surface area contributed by atoms with Gasteiger partial charge in [-0.25, -0.2) is 0 Å². The molecule has 0 spiro atoms. The maximum Gasteiger partial charge on any atom is 0.156 e. The maximum absolute atomic E-state index is 11.6. The number of hydrogen-bond donors (Lipinski definition) is 1. The molecule has 0 amide bonds. The molecule has 0 saturated heterocycles. The smallest absolute Gasteiger partial charge is 0.156 e. The second kappa shape index (κ2) is 4.70. The van der Waals surface area contributed by atoms with Crippen LogP contribution in [0.1, 0.15) is 46.5 Å². The summed E-state index contributed by atoms with van der Waals surface area (Å²) >= 11 is 0. The number of aliphatic hydroxyl groups excluding tert-OH is 1. The molecule has 20 heavy (non-hydrogen) atoms. The standard InChI is InChI=1S/C18H24O2/c1-11-15-6-4-13-10-14(20)5-7-16(13)17(15)8-9-18(11,3)12(2)19/h8-12,15,19H,4-7H2,1-3H3. The van der Waals surface area contributed by atoms with Gasteiger partial charge in [-0.15, -0.1) is 0 Å². The number of ketones is 1. The number of carbonyl (C=O) groups is 1. The first-order valence-corrected chi connectivity index (χ1v) is 7.77. The first-order valence-electron chi connectivity index (χ1n) is 7.77. The summed E-state index contributed by atoms with van der Waals surface area (Å²) in [5.74, 6) is 1.25. The number of rotatable bonds is 1. The van der Waals surface area contributed by atoms with E-state index in [4.69, 9.17) is 0 Å². The fourth-order valence-electron chi connectivity index (χ4n) is 4.12. The van der Waals surface area contributed by atoms with Crippen molar-refractivity contribution in [2.75, 3.05) is 0 Å². The van der Waals surface area contributed by atoms with Crippen LogP contribution in [-0.4, -0.2) is 17.0 Å². The molecule has 3 rings (SSSR count). The number of fused-ring (bicyclic) bond motifs is 2. The Morgan fingerprint density at radius 3 is 2.80 bits per heavy atom. The van der Waals surface area contributed by atoms with E-state index in [1.54, 1.807) is 0 Å². The molecule has 108 valence electrons. The normalized spacial score (nSPS) is 38.2. The molecule has 0 aromatic rings. The molecule has 0 bridgehead atoms. The van der Waals surface area contributed by atoms with Gasteiger partial charge in [0.2, 0.25) is 0 Å². The van der Waals surface area contributed by atoms with Gasteiger partial charge in [0.25, 0.3) is 0 Å². The molecule has 0 heterocycles. The molecule has 2 heteroatoms. The third-order valence-corrected chi connectivity index (χ3v) is 5.92. The lowest BCUT2D eigenvalue weighted by Crippen LogP contribution is -2.42. The van der Waals surface area contributed by atoms with Gasteiger partial charge < -0.3 is 5.11 Å². The Morgan fingerprint density at radius 1 is 1.35 bits per heavy atom. The molecular weight excluding hydrogens is 248 g/mol. The van der Waals surface area contributed by atoms with E-state index in [1.165, 1.54) is 16.7 Å². The fourth-order valence-corrected chi connectivity index (χ4v) is 4.12. The Kier molecular flexibility index (Phi) is 3.24. The topological polar surface area (TPSA) is 37.3 Å². The van der Waals surface area contributed by atoms with Crippen LogP contribution in [-0.2, 0) is 4.79 Å². The highest BCUT2D eigenvalue weighted by Gasteiger charge is 2.43. The molecule has 0 aliphatic heterocycles. The summed E-state index contributed by atoms with van der Waals surface area (Å²) in [6.07, 6.45) is 9.64. The average Bonchev–Trinajstić information content (AvgIpc) is 2.42. The fraction of sp³-hybridized carbons (Fsp3) is 0.611. The van der Waals surface area contributed by atoms with E-state index < -0.39 is 0 Å². The summed E-state index contributed by atoms with van der Waals surface area (Å²) in [5.41, 5.74) is 3.97. The van der Waals surface area contributed by atoms with Crippen LogP contribution >= 0.6 is 0 Å². The molecule has 0 aromatic heterocycles. The van der Waals surface area contributed by atoms with E-state index >= 15 is 0 Å². The lowest BCUT2D eigenvalue weighted by Gasteiger charge is -2.46. The van der Waals surface area contributed by atoms with Crippen molar-refractivity contribution in [2.45, 2.75) is 52.6 Å². The van der Waals surface area contributed by atoms with Crippen molar-refractivity contribution in [1.29, 1.82) is 0 Å². The van der Waals surface area contributed by atoms with Crippen LogP contribution in [0.2, 0.25) is 0 Å². The Labute approximate surface area is 121 Å². The third-order valence-electron chi connectivity index (χ3n) is 5.92. The second-order valence-electron chi connectivity index (χ2n) is 6.88. The van der Waals surface area contributed by atoms with E-state index in [2.05, 4.69) is 26.0 Å². The number of allylic oxidation sites excluding steroid dienone is 5. The highest BCUT2D eigenvalue weighted by atomic mass is 16.3. The van der Waals surface area contributed by atoms with E-state index in [9.17, 15) is 9.90 Å². The monoisotopic (exact) mass is 272 g/mol. The Morgan fingerprint density at radius 2 is 2.10 bits per heavy atom. The van der Waals surface area contributed by atoms with Crippen molar-refractivity contribution in [3.8, 4) is 0 Å². The minimum atomic E-state index is -0.329. The molecule has 2 nitrogen and oxygen atoms in total. The van der Waals surface area contributed by atoms with Gasteiger partial charge >= 0.3 is 0 Å². The predicted molar refractivity (Wildman–Crippen MR) is 80.2 cm³/mol. The number of aliphatic hydroxyl groups is 1. The van der Waals surface area contributed by atoms with Gasteiger partial charge in [0.1, 0.15) is 0 Å². The first kappa shape index (κ1) is 13.8. The quantitative estimate of drug-likeness (QED) is 0.792. The predicted octanol–water partition coefficient (Wildman–Crippen LogP) is 3.58. The average molecular weight is 272 g/mol. The Bertz CT molecular complexity index is 536. The van der Waals surface area contributed by atoms with Gasteiger partial charge in [-0.05, 0) is 60.8 Å². The molecule has 3 aliphatic carbocycles. The van der Waals surface area contributed by atoms with Crippen LogP contribution in [0.3, 0.4) is 0 Å². The second-order valence-corrected chi connectivity index (χ2v) is 6.88. The molecule has 0 aromatic carbocycles. The van der Waals surface area contributed by atoms with Crippen molar-refractivity contribution < 1.29 is 9.90 Å². The van der Waals surface area contributed by atoms with Crippen molar-refractivity contribution in [2.24, 2.45) is 17.3 Å². The summed E-state index contributed by atoms with van der Waals surface area (Å²) in [7, 11) is 0. The summed E-state index contributed by atoms with van der Waals surface area (Å²) in [5, 5.41) is 10.1. The molecule has 0 radical (unpaired) electrons. The lowest BCUT2D eigenvalue weighted by atomic mass is 9.59. The Hall–Kier alpha value is -1.15.